The van der Waals surface area contributed by atoms with E-state index in [0.29, 0.717) is 13.0 Å². The highest BCUT2D eigenvalue weighted by molar-refractivity contribution is 5.73. The van der Waals surface area contributed by atoms with Crippen LogP contribution in [-0.4, -0.2) is 29.2 Å². The first-order chi connectivity index (χ1) is 7.33. The number of ether oxygens (including phenoxy) is 1. The second-order valence-electron chi connectivity index (χ2n) is 5.30. The molecule has 1 fully saturated rings. The molecule has 0 unspecified atom stereocenters. The maximum atomic E-state index is 11.9. The summed E-state index contributed by atoms with van der Waals surface area (Å²) in [6.07, 6.45) is 3.25. The van der Waals surface area contributed by atoms with Gasteiger partial charge in [0.05, 0.1) is 5.92 Å². The zero-order valence-corrected chi connectivity index (χ0v) is 10.4. The summed E-state index contributed by atoms with van der Waals surface area (Å²) in [4.78, 5) is 11.9. The van der Waals surface area contributed by atoms with Gasteiger partial charge in [-0.3, -0.25) is 10.6 Å². The molecule has 0 bridgehead atoms. The number of hydrogen-bond acceptors (Lipinski definition) is 4. The number of carbonyl (C=O) groups is 1. The molecule has 92 valence electrons. The maximum absolute atomic E-state index is 11.9. The molecule has 4 heteroatoms. The Morgan fingerprint density at radius 3 is 2.69 bits per heavy atom. The van der Waals surface area contributed by atoms with Crippen LogP contribution >= 0.6 is 0 Å². The van der Waals surface area contributed by atoms with Gasteiger partial charge in [0.25, 0.3) is 0 Å². The highest BCUT2D eigenvalue weighted by Gasteiger charge is 2.32. The summed E-state index contributed by atoms with van der Waals surface area (Å²) in [7, 11) is 0. The van der Waals surface area contributed by atoms with Gasteiger partial charge in [-0.1, -0.05) is 6.08 Å². The Hall–Kier alpha value is -0.870. The standard InChI is InChI=1S/C12H22N2O2/c1-5-10-8-9(6-7-14(10)13)11(15)16-12(2,3)4/h5,9-10H,1,6-8,13H2,2-4H3/t9-,10-/m0/s1. The van der Waals surface area contributed by atoms with E-state index in [0.717, 1.165) is 6.42 Å². The van der Waals surface area contributed by atoms with Gasteiger partial charge in [0, 0.05) is 12.6 Å². The van der Waals surface area contributed by atoms with Crippen LogP contribution in [0.2, 0.25) is 0 Å². The van der Waals surface area contributed by atoms with Crippen molar-refractivity contribution in [2.75, 3.05) is 6.54 Å². The minimum Gasteiger partial charge on any atom is -0.460 e. The lowest BCUT2D eigenvalue weighted by atomic mass is 9.92. The van der Waals surface area contributed by atoms with Gasteiger partial charge in [-0.2, -0.15) is 0 Å². The summed E-state index contributed by atoms with van der Waals surface area (Å²) >= 11 is 0. The summed E-state index contributed by atoms with van der Waals surface area (Å²) in [6, 6.07) is 0.0752. The summed E-state index contributed by atoms with van der Waals surface area (Å²) < 4.78 is 5.37. The van der Waals surface area contributed by atoms with Crippen LogP contribution in [0.4, 0.5) is 0 Å². The second-order valence-corrected chi connectivity index (χ2v) is 5.30. The molecule has 0 aliphatic carbocycles. The number of carbonyl (C=O) groups excluding carboxylic acids is 1. The van der Waals surface area contributed by atoms with Crippen LogP contribution in [0.25, 0.3) is 0 Å². The third-order valence-electron chi connectivity index (χ3n) is 2.70. The fourth-order valence-corrected chi connectivity index (χ4v) is 1.85. The minimum absolute atomic E-state index is 0.0537. The quantitative estimate of drug-likeness (QED) is 0.440. The molecule has 0 radical (unpaired) electrons. The van der Waals surface area contributed by atoms with Gasteiger partial charge in [-0.25, -0.2) is 5.01 Å². The first kappa shape index (κ1) is 13.2. The molecule has 1 aliphatic heterocycles. The summed E-state index contributed by atoms with van der Waals surface area (Å²) in [5.41, 5.74) is -0.416. The van der Waals surface area contributed by atoms with Gasteiger partial charge < -0.3 is 4.74 Å². The van der Waals surface area contributed by atoms with Gasteiger partial charge in [0.1, 0.15) is 5.60 Å². The maximum Gasteiger partial charge on any atom is 0.309 e. The van der Waals surface area contributed by atoms with Crippen LogP contribution in [0.3, 0.4) is 0 Å². The van der Waals surface area contributed by atoms with Gasteiger partial charge in [-0.15, -0.1) is 6.58 Å². The van der Waals surface area contributed by atoms with E-state index >= 15 is 0 Å². The predicted octanol–water partition coefficient (Wildman–Crippen LogP) is 1.47. The SMILES string of the molecule is C=C[C@H]1C[C@@H](C(=O)OC(C)(C)C)CCN1N. The molecular formula is C12H22N2O2. The van der Waals surface area contributed by atoms with E-state index < -0.39 is 5.60 Å². The number of nitrogens with zero attached hydrogens (tertiary/aromatic N) is 1. The Morgan fingerprint density at radius 2 is 2.19 bits per heavy atom. The van der Waals surface area contributed by atoms with Crippen molar-refractivity contribution in [1.82, 2.24) is 5.01 Å². The fourth-order valence-electron chi connectivity index (χ4n) is 1.85. The summed E-state index contributed by atoms with van der Waals surface area (Å²) in [6.45, 7) is 10.1. The third-order valence-corrected chi connectivity index (χ3v) is 2.70. The van der Waals surface area contributed by atoms with Crippen LogP contribution < -0.4 is 5.84 Å². The number of esters is 1. The van der Waals surface area contributed by atoms with Crippen molar-refractivity contribution in [2.24, 2.45) is 11.8 Å². The number of hydrogen-bond donors (Lipinski definition) is 1. The monoisotopic (exact) mass is 226 g/mol. The molecule has 1 aliphatic rings. The van der Waals surface area contributed by atoms with Crippen molar-refractivity contribution in [2.45, 2.75) is 45.3 Å². The average Bonchev–Trinajstić information content (AvgIpc) is 2.15. The first-order valence-electron chi connectivity index (χ1n) is 5.70. The van der Waals surface area contributed by atoms with Crippen molar-refractivity contribution in [3.8, 4) is 0 Å². The topological polar surface area (TPSA) is 55.6 Å². The van der Waals surface area contributed by atoms with E-state index in [-0.39, 0.29) is 17.9 Å². The number of nitrogens with two attached hydrogens (primary N) is 1. The molecule has 0 spiro atoms. The molecule has 4 nitrogen and oxygen atoms in total. The average molecular weight is 226 g/mol. The Morgan fingerprint density at radius 1 is 1.56 bits per heavy atom. The molecule has 0 amide bonds. The van der Waals surface area contributed by atoms with Crippen molar-refractivity contribution in [1.29, 1.82) is 0 Å². The molecule has 0 saturated carbocycles. The third kappa shape index (κ3) is 3.61. The highest BCUT2D eigenvalue weighted by Crippen LogP contribution is 2.24. The summed E-state index contributed by atoms with van der Waals surface area (Å²) in [5.74, 6) is 5.62. The van der Waals surface area contributed by atoms with E-state index in [4.69, 9.17) is 10.6 Å². The Balaban J connectivity index is 2.55. The Kier molecular flexibility index (Phi) is 4.10. The molecule has 1 saturated heterocycles. The normalized spacial score (nSPS) is 27.5. The lowest BCUT2D eigenvalue weighted by Crippen LogP contribution is -2.48. The molecule has 2 atom stereocenters. The van der Waals surface area contributed by atoms with Gasteiger partial charge in [0.2, 0.25) is 0 Å². The highest BCUT2D eigenvalue weighted by atomic mass is 16.6. The van der Waals surface area contributed by atoms with E-state index in [9.17, 15) is 4.79 Å². The van der Waals surface area contributed by atoms with Gasteiger partial charge in [0.15, 0.2) is 0 Å². The van der Waals surface area contributed by atoms with Gasteiger partial charge >= 0.3 is 5.97 Å². The van der Waals surface area contributed by atoms with E-state index in [1.54, 1.807) is 11.1 Å². The number of piperidine rings is 1. The Bertz CT molecular complexity index is 271. The van der Waals surface area contributed by atoms with Gasteiger partial charge in [-0.05, 0) is 33.6 Å². The van der Waals surface area contributed by atoms with E-state index in [2.05, 4.69) is 6.58 Å². The number of rotatable bonds is 2. The van der Waals surface area contributed by atoms with Crippen LogP contribution in [0.15, 0.2) is 12.7 Å². The number of hydrazine groups is 1. The predicted molar refractivity (Wildman–Crippen MR) is 63.4 cm³/mol. The molecule has 0 aromatic heterocycles. The van der Waals surface area contributed by atoms with Crippen molar-refractivity contribution < 1.29 is 9.53 Å². The first-order valence-corrected chi connectivity index (χ1v) is 5.70. The zero-order valence-electron chi connectivity index (χ0n) is 10.4. The Labute approximate surface area is 97.4 Å². The van der Waals surface area contributed by atoms with Crippen LogP contribution in [0, 0.1) is 5.92 Å². The van der Waals surface area contributed by atoms with Crippen LogP contribution in [0.5, 0.6) is 0 Å². The van der Waals surface area contributed by atoms with E-state index in [1.165, 1.54) is 0 Å². The smallest absolute Gasteiger partial charge is 0.309 e. The minimum atomic E-state index is -0.416. The lowest BCUT2D eigenvalue weighted by molar-refractivity contribution is -0.162. The molecule has 1 heterocycles. The molecule has 0 aromatic rings. The largest absolute Gasteiger partial charge is 0.460 e. The second kappa shape index (κ2) is 4.97. The molecule has 2 N–H and O–H groups in total. The molecule has 16 heavy (non-hydrogen) atoms. The van der Waals surface area contributed by atoms with Crippen molar-refractivity contribution >= 4 is 5.97 Å². The molecule has 1 rings (SSSR count). The lowest BCUT2D eigenvalue weighted by Gasteiger charge is -2.34. The zero-order chi connectivity index (χ0) is 12.3. The van der Waals surface area contributed by atoms with Crippen LogP contribution in [-0.2, 0) is 9.53 Å². The molecular weight excluding hydrogens is 204 g/mol. The molecule has 0 aromatic carbocycles. The van der Waals surface area contributed by atoms with E-state index in [1.807, 2.05) is 20.8 Å². The summed E-state index contributed by atoms with van der Waals surface area (Å²) in [5, 5.41) is 1.73. The van der Waals surface area contributed by atoms with Crippen molar-refractivity contribution in [3.63, 3.8) is 0 Å². The fraction of sp³-hybridized carbons (Fsp3) is 0.750. The van der Waals surface area contributed by atoms with Crippen molar-refractivity contribution in [3.05, 3.63) is 12.7 Å². The van der Waals surface area contributed by atoms with Crippen LogP contribution in [0.1, 0.15) is 33.6 Å².